The lowest BCUT2D eigenvalue weighted by Crippen LogP contribution is -2.09. The quantitative estimate of drug-likeness (QED) is 0.795. The molecule has 18 heavy (non-hydrogen) atoms. The zero-order chi connectivity index (χ0) is 12.8. The molecular weight excluding hydrogens is 224 g/mol. The van der Waals surface area contributed by atoms with Crippen LogP contribution < -0.4 is 5.32 Å². The number of anilines is 1. The number of hydrogen-bond donors (Lipinski definition) is 1. The highest BCUT2D eigenvalue weighted by atomic mass is 15.2. The molecule has 0 aliphatic carbocycles. The molecule has 2 heterocycles. The van der Waals surface area contributed by atoms with E-state index >= 15 is 0 Å². The summed E-state index contributed by atoms with van der Waals surface area (Å²) in [5, 5.41) is 3.38. The Hall–Kier alpha value is -1.84. The van der Waals surface area contributed by atoms with Gasteiger partial charge in [-0.2, -0.15) is 0 Å². The van der Waals surface area contributed by atoms with Crippen LogP contribution in [-0.4, -0.2) is 21.1 Å². The molecular formula is C14H20N4. The van der Waals surface area contributed by atoms with Crippen molar-refractivity contribution in [2.24, 2.45) is 0 Å². The molecule has 0 atom stereocenters. The minimum absolute atomic E-state index is 0.760. The molecule has 0 saturated carbocycles. The highest BCUT2D eigenvalue weighted by Crippen LogP contribution is 2.11. The molecule has 0 radical (unpaired) electrons. The summed E-state index contributed by atoms with van der Waals surface area (Å²) in [7, 11) is 0. The number of hydrogen-bond acceptors (Lipinski definition) is 3. The third kappa shape index (κ3) is 3.32. The predicted molar refractivity (Wildman–Crippen MR) is 73.7 cm³/mol. The number of nitrogens with zero attached hydrogens (tertiary/aromatic N) is 3. The van der Waals surface area contributed by atoms with Crippen molar-refractivity contribution in [1.29, 1.82) is 0 Å². The van der Waals surface area contributed by atoms with Gasteiger partial charge in [0.25, 0.3) is 0 Å². The molecule has 2 rings (SSSR count). The van der Waals surface area contributed by atoms with Crippen molar-refractivity contribution in [3.05, 3.63) is 42.0 Å². The second-order valence-corrected chi connectivity index (χ2v) is 4.44. The molecule has 0 aliphatic rings. The van der Waals surface area contributed by atoms with E-state index in [4.69, 9.17) is 0 Å². The molecule has 1 N–H and O–H groups in total. The molecule has 0 unspecified atom stereocenters. The first-order valence-corrected chi connectivity index (χ1v) is 6.47. The molecule has 4 nitrogen and oxygen atoms in total. The first-order valence-electron chi connectivity index (χ1n) is 6.47. The molecule has 2 aromatic rings. The smallest absolute Gasteiger partial charge is 0.203 e. The SMILES string of the molecule is CCCCNc1nc(C)cn1Cc1ccccn1. The van der Waals surface area contributed by atoms with Crippen LogP contribution in [0.4, 0.5) is 5.95 Å². The average Bonchev–Trinajstić information content (AvgIpc) is 2.71. The normalized spacial score (nSPS) is 10.6. The zero-order valence-corrected chi connectivity index (χ0v) is 11.1. The van der Waals surface area contributed by atoms with Crippen LogP contribution in [0.1, 0.15) is 31.2 Å². The fourth-order valence-electron chi connectivity index (χ4n) is 1.85. The maximum absolute atomic E-state index is 4.50. The maximum Gasteiger partial charge on any atom is 0.203 e. The van der Waals surface area contributed by atoms with E-state index in [1.807, 2.05) is 31.3 Å². The summed E-state index contributed by atoms with van der Waals surface area (Å²) in [5.41, 5.74) is 2.08. The summed E-state index contributed by atoms with van der Waals surface area (Å²) in [4.78, 5) is 8.85. The summed E-state index contributed by atoms with van der Waals surface area (Å²) >= 11 is 0. The van der Waals surface area contributed by atoms with Crippen molar-refractivity contribution in [3.63, 3.8) is 0 Å². The lowest BCUT2D eigenvalue weighted by atomic mass is 10.3. The lowest BCUT2D eigenvalue weighted by molar-refractivity contribution is 0.760. The van der Waals surface area contributed by atoms with Gasteiger partial charge in [0.15, 0.2) is 0 Å². The Morgan fingerprint density at radius 1 is 1.33 bits per heavy atom. The Balaban J connectivity index is 2.07. The van der Waals surface area contributed by atoms with E-state index in [0.717, 1.165) is 36.8 Å². The number of nitrogens with one attached hydrogen (secondary N) is 1. The minimum Gasteiger partial charge on any atom is -0.356 e. The molecule has 4 heteroatoms. The average molecular weight is 244 g/mol. The number of imidazole rings is 1. The summed E-state index contributed by atoms with van der Waals surface area (Å²) in [6.07, 6.45) is 6.23. The summed E-state index contributed by atoms with van der Waals surface area (Å²) in [6.45, 7) is 5.93. The molecule has 0 aliphatic heterocycles. The molecule has 0 bridgehead atoms. The molecule has 0 amide bonds. The lowest BCUT2D eigenvalue weighted by Gasteiger charge is -2.08. The largest absolute Gasteiger partial charge is 0.356 e. The van der Waals surface area contributed by atoms with Crippen LogP contribution in [0.3, 0.4) is 0 Å². The Labute approximate surface area is 108 Å². The number of aromatic nitrogens is 3. The van der Waals surface area contributed by atoms with Crippen LogP contribution in [0.25, 0.3) is 0 Å². The van der Waals surface area contributed by atoms with Gasteiger partial charge in [-0.15, -0.1) is 0 Å². The highest BCUT2D eigenvalue weighted by molar-refractivity contribution is 5.29. The van der Waals surface area contributed by atoms with E-state index in [9.17, 15) is 0 Å². The van der Waals surface area contributed by atoms with Crippen molar-refractivity contribution in [2.45, 2.75) is 33.2 Å². The van der Waals surface area contributed by atoms with Gasteiger partial charge in [0.2, 0.25) is 5.95 Å². The molecule has 2 aromatic heterocycles. The van der Waals surface area contributed by atoms with Gasteiger partial charge in [0.1, 0.15) is 0 Å². The maximum atomic E-state index is 4.50. The first-order chi connectivity index (χ1) is 8.79. The molecule has 96 valence electrons. The van der Waals surface area contributed by atoms with Gasteiger partial charge in [-0.05, 0) is 25.5 Å². The number of unbranched alkanes of at least 4 members (excludes halogenated alkanes) is 1. The van der Waals surface area contributed by atoms with Gasteiger partial charge in [0.05, 0.1) is 17.9 Å². The Morgan fingerprint density at radius 2 is 2.22 bits per heavy atom. The predicted octanol–water partition coefficient (Wildman–Crippen LogP) is 2.85. The summed E-state index contributed by atoms with van der Waals surface area (Å²) in [5.74, 6) is 0.937. The van der Waals surface area contributed by atoms with Crippen LogP contribution in [0.2, 0.25) is 0 Å². The van der Waals surface area contributed by atoms with E-state index in [1.54, 1.807) is 0 Å². The van der Waals surface area contributed by atoms with Crippen molar-refractivity contribution in [3.8, 4) is 0 Å². The van der Waals surface area contributed by atoms with E-state index in [-0.39, 0.29) is 0 Å². The van der Waals surface area contributed by atoms with E-state index in [1.165, 1.54) is 6.42 Å². The number of rotatable bonds is 6. The van der Waals surface area contributed by atoms with Gasteiger partial charge < -0.3 is 9.88 Å². The van der Waals surface area contributed by atoms with Crippen molar-refractivity contribution in [1.82, 2.24) is 14.5 Å². The van der Waals surface area contributed by atoms with Crippen molar-refractivity contribution in [2.75, 3.05) is 11.9 Å². The molecule has 0 aromatic carbocycles. The van der Waals surface area contributed by atoms with Crippen LogP contribution in [0.5, 0.6) is 0 Å². The minimum atomic E-state index is 0.760. The van der Waals surface area contributed by atoms with E-state index in [0.29, 0.717) is 0 Å². The monoisotopic (exact) mass is 244 g/mol. The van der Waals surface area contributed by atoms with Gasteiger partial charge >= 0.3 is 0 Å². The molecule has 0 fully saturated rings. The Bertz CT molecular complexity index is 476. The van der Waals surface area contributed by atoms with Crippen LogP contribution >= 0.6 is 0 Å². The van der Waals surface area contributed by atoms with Gasteiger partial charge in [-0.25, -0.2) is 4.98 Å². The topological polar surface area (TPSA) is 42.7 Å². The van der Waals surface area contributed by atoms with Gasteiger partial charge in [-0.3, -0.25) is 4.98 Å². The van der Waals surface area contributed by atoms with E-state index in [2.05, 4.69) is 33.0 Å². The fraction of sp³-hybridized carbons (Fsp3) is 0.429. The summed E-state index contributed by atoms with van der Waals surface area (Å²) in [6, 6.07) is 5.98. The fourth-order valence-corrected chi connectivity index (χ4v) is 1.85. The van der Waals surface area contributed by atoms with Crippen molar-refractivity contribution >= 4 is 5.95 Å². The van der Waals surface area contributed by atoms with Crippen LogP contribution in [-0.2, 0) is 6.54 Å². The molecule has 0 spiro atoms. The van der Waals surface area contributed by atoms with Crippen LogP contribution in [0, 0.1) is 6.92 Å². The Kier molecular flexibility index (Phi) is 4.34. The van der Waals surface area contributed by atoms with E-state index < -0.39 is 0 Å². The number of aryl methyl sites for hydroxylation is 1. The van der Waals surface area contributed by atoms with Crippen molar-refractivity contribution < 1.29 is 0 Å². The highest BCUT2D eigenvalue weighted by Gasteiger charge is 2.05. The second kappa shape index (κ2) is 6.19. The third-order valence-corrected chi connectivity index (χ3v) is 2.77. The first kappa shape index (κ1) is 12.6. The summed E-state index contributed by atoms with van der Waals surface area (Å²) < 4.78 is 2.12. The standard InChI is InChI=1S/C14H20N4/c1-3-4-8-16-14-17-12(2)10-18(14)11-13-7-5-6-9-15-13/h5-7,9-10H,3-4,8,11H2,1-2H3,(H,16,17). The third-order valence-electron chi connectivity index (χ3n) is 2.77. The van der Waals surface area contributed by atoms with Gasteiger partial charge in [0, 0.05) is 18.9 Å². The zero-order valence-electron chi connectivity index (χ0n) is 11.1. The Morgan fingerprint density at radius 3 is 2.94 bits per heavy atom. The molecule has 0 saturated heterocycles. The second-order valence-electron chi connectivity index (χ2n) is 4.44. The van der Waals surface area contributed by atoms with Crippen LogP contribution in [0.15, 0.2) is 30.6 Å². The number of pyridine rings is 1. The van der Waals surface area contributed by atoms with Gasteiger partial charge in [-0.1, -0.05) is 19.4 Å².